The van der Waals surface area contributed by atoms with Gasteiger partial charge in [-0.2, -0.15) is 5.10 Å². The summed E-state index contributed by atoms with van der Waals surface area (Å²) in [6, 6.07) is 6.38. The maximum Gasteiger partial charge on any atom is 0.123 e. The second-order valence-electron chi connectivity index (χ2n) is 4.65. The summed E-state index contributed by atoms with van der Waals surface area (Å²) in [5, 5.41) is 4.34. The van der Waals surface area contributed by atoms with Gasteiger partial charge in [-0.1, -0.05) is 19.1 Å². The molecule has 108 valence electrons. The number of hydrazine groups is 1. The molecule has 0 bridgehead atoms. The van der Waals surface area contributed by atoms with Crippen molar-refractivity contribution < 1.29 is 4.39 Å². The molecule has 1 atom stereocenters. The van der Waals surface area contributed by atoms with Gasteiger partial charge in [-0.3, -0.25) is 16.0 Å². The zero-order valence-electron chi connectivity index (χ0n) is 11.3. The Hall–Kier alpha value is -1.24. The smallest absolute Gasteiger partial charge is 0.123 e. The maximum atomic E-state index is 12.9. The number of aromatic nitrogens is 2. The molecule has 0 spiro atoms. The van der Waals surface area contributed by atoms with Crippen LogP contribution in [-0.4, -0.2) is 9.78 Å². The fourth-order valence-electron chi connectivity index (χ4n) is 2.20. The molecular formula is C14H18BrFN4. The normalized spacial score (nSPS) is 12.6. The van der Waals surface area contributed by atoms with Crippen molar-refractivity contribution in [2.24, 2.45) is 5.84 Å². The lowest BCUT2D eigenvalue weighted by molar-refractivity contribution is 0.476. The van der Waals surface area contributed by atoms with E-state index in [1.807, 2.05) is 4.68 Å². The van der Waals surface area contributed by atoms with Crippen LogP contribution in [0.15, 0.2) is 34.9 Å². The van der Waals surface area contributed by atoms with Crippen LogP contribution in [0, 0.1) is 5.82 Å². The van der Waals surface area contributed by atoms with Crippen molar-refractivity contribution in [3.8, 4) is 0 Å². The Labute approximate surface area is 126 Å². The van der Waals surface area contributed by atoms with E-state index in [9.17, 15) is 4.39 Å². The van der Waals surface area contributed by atoms with Crippen LogP contribution in [0.3, 0.4) is 0 Å². The van der Waals surface area contributed by atoms with E-state index in [-0.39, 0.29) is 11.9 Å². The molecule has 0 radical (unpaired) electrons. The highest BCUT2D eigenvalue weighted by Crippen LogP contribution is 2.26. The zero-order valence-corrected chi connectivity index (χ0v) is 12.9. The molecule has 0 aliphatic carbocycles. The van der Waals surface area contributed by atoms with Crippen LogP contribution in [0.4, 0.5) is 4.39 Å². The minimum absolute atomic E-state index is 0.0797. The summed E-state index contributed by atoms with van der Waals surface area (Å²) >= 11 is 3.51. The van der Waals surface area contributed by atoms with E-state index in [4.69, 9.17) is 5.84 Å². The quantitative estimate of drug-likeness (QED) is 0.627. The molecule has 0 fully saturated rings. The second-order valence-corrected chi connectivity index (χ2v) is 5.51. The summed E-state index contributed by atoms with van der Waals surface area (Å²) < 4.78 is 15.8. The zero-order chi connectivity index (χ0) is 14.5. The van der Waals surface area contributed by atoms with Gasteiger partial charge in [-0.25, -0.2) is 4.39 Å². The Morgan fingerprint density at radius 3 is 2.70 bits per heavy atom. The van der Waals surface area contributed by atoms with Gasteiger partial charge in [-0.05, 0) is 46.5 Å². The molecule has 0 saturated carbocycles. The number of rotatable bonds is 6. The summed E-state index contributed by atoms with van der Waals surface area (Å²) in [5.41, 5.74) is 4.85. The van der Waals surface area contributed by atoms with Gasteiger partial charge in [0, 0.05) is 6.54 Å². The molecule has 0 saturated heterocycles. The first-order valence-corrected chi connectivity index (χ1v) is 7.36. The average molecular weight is 341 g/mol. The van der Waals surface area contributed by atoms with Crippen molar-refractivity contribution in [3.63, 3.8) is 0 Å². The van der Waals surface area contributed by atoms with E-state index in [1.54, 1.807) is 18.3 Å². The van der Waals surface area contributed by atoms with Crippen molar-refractivity contribution in [3.05, 3.63) is 52.0 Å². The third-order valence-electron chi connectivity index (χ3n) is 3.15. The first kappa shape index (κ1) is 15.2. The number of hydrogen-bond donors (Lipinski definition) is 2. The molecule has 3 N–H and O–H groups in total. The van der Waals surface area contributed by atoms with Gasteiger partial charge in [-0.15, -0.1) is 0 Å². The Balaban J connectivity index is 2.23. The van der Waals surface area contributed by atoms with Gasteiger partial charge in [0.15, 0.2) is 0 Å². The topological polar surface area (TPSA) is 55.9 Å². The fraction of sp³-hybridized carbons (Fsp3) is 0.357. The third-order valence-corrected chi connectivity index (χ3v) is 3.76. The molecule has 6 heteroatoms. The number of benzene rings is 1. The third kappa shape index (κ3) is 3.45. The van der Waals surface area contributed by atoms with E-state index < -0.39 is 0 Å². The molecular weight excluding hydrogens is 323 g/mol. The SMILES string of the molecule is CCCn1ncc(Br)c1C(Cc1ccc(F)cc1)NN. The van der Waals surface area contributed by atoms with Gasteiger partial charge in [0.1, 0.15) is 5.82 Å². The molecule has 0 amide bonds. The summed E-state index contributed by atoms with van der Waals surface area (Å²) in [4.78, 5) is 0. The van der Waals surface area contributed by atoms with Crippen LogP contribution in [0.25, 0.3) is 0 Å². The molecule has 0 aliphatic heterocycles. The van der Waals surface area contributed by atoms with Gasteiger partial charge in [0.2, 0.25) is 0 Å². The van der Waals surface area contributed by atoms with Crippen molar-refractivity contribution in [2.75, 3.05) is 0 Å². The molecule has 1 aromatic carbocycles. The monoisotopic (exact) mass is 340 g/mol. The lowest BCUT2D eigenvalue weighted by atomic mass is 10.0. The summed E-state index contributed by atoms with van der Waals surface area (Å²) in [5.74, 6) is 5.46. The standard InChI is InChI=1S/C14H18BrFN4/c1-2-7-20-14(12(15)9-18-20)13(19-17)8-10-3-5-11(16)6-4-10/h3-6,9,13,19H,2,7-8,17H2,1H3. The summed E-state index contributed by atoms with van der Waals surface area (Å²) in [7, 11) is 0. The number of halogens is 2. The number of nitrogens with two attached hydrogens (primary N) is 1. The van der Waals surface area contributed by atoms with Crippen LogP contribution >= 0.6 is 15.9 Å². The lowest BCUT2D eigenvalue weighted by Crippen LogP contribution is -2.31. The van der Waals surface area contributed by atoms with Crippen LogP contribution in [0.2, 0.25) is 0 Å². The molecule has 1 aromatic heterocycles. The Morgan fingerprint density at radius 2 is 2.10 bits per heavy atom. The molecule has 4 nitrogen and oxygen atoms in total. The Morgan fingerprint density at radius 1 is 1.40 bits per heavy atom. The van der Waals surface area contributed by atoms with E-state index in [1.165, 1.54) is 12.1 Å². The average Bonchev–Trinajstić information content (AvgIpc) is 2.80. The van der Waals surface area contributed by atoms with Crippen molar-refractivity contribution in [1.29, 1.82) is 0 Å². The Kier molecular flexibility index (Phi) is 5.28. The molecule has 1 unspecified atom stereocenters. The Bertz CT molecular complexity index is 553. The minimum Gasteiger partial charge on any atom is -0.271 e. The van der Waals surface area contributed by atoms with Gasteiger partial charge in [0.05, 0.1) is 22.4 Å². The molecule has 2 rings (SSSR count). The highest BCUT2D eigenvalue weighted by atomic mass is 79.9. The van der Waals surface area contributed by atoms with E-state index >= 15 is 0 Å². The summed E-state index contributed by atoms with van der Waals surface area (Å²) in [6.07, 6.45) is 3.44. The van der Waals surface area contributed by atoms with Gasteiger partial charge in [0.25, 0.3) is 0 Å². The predicted octanol–water partition coefficient (Wildman–Crippen LogP) is 2.94. The van der Waals surface area contributed by atoms with E-state index in [0.717, 1.165) is 28.7 Å². The van der Waals surface area contributed by atoms with Gasteiger partial charge >= 0.3 is 0 Å². The van der Waals surface area contributed by atoms with Crippen LogP contribution in [0.1, 0.15) is 30.6 Å². The van der Waals surface area contributed by atoms with Crippen molar-refractivity contribution in [2.45, 2.75) is 32.4 Å². The molecule has 1 heterocycles. The van der Waals surface area contributed by atoms with Crippen molar-refractivity contribution >= 4 is 15.9 Å². The number of hydrogen-bond acceptors (Lipinski definition) is 3. The first-order chi connectivity index (χ1) is 9.65. The predicted molar refractivity (Wildman–Crippen MR) is 80.4 cm³/mol. The maximum absolute atomic E-state index is 12.9. The first-order valence-electron chi connectivity index (χ1n) is 6.57. The number of aryl methyl sites for hydroxylation is 1. The molecule has 20 heavy (non-hydrogen) atoms. The summed E-state index contributed by atoms with van der Waals surface area (Å²) in [6.45, 7) is 2.94. The highest BCUT2D eigenvalue weighted by Gasteiger charge is 2.19. The largest absolute Gasteiger partial charge is 0.271 e. The minimum atomic E-state index is -0.233. The lowest BCUT2D eigenvalue weighted by Gasteiger charge is -2.18. The fourth-order valence-corrected chi connectivity index (χ4v) is 2.77. The van der Waals surface area contributed by atoms with Crippen LogP contribution in [0.5, 0.6) is 0 Å². The van der Waals surface area contributed by atoms with Gasteiger partial charge < -0.3 is 0 Å². The van der Waals surface area contributed by atoms with Crippen molar-refractivity contribution in [1.82, 2.24) is 15.2 Å². The highest BCUT2D eigenvalue weighted by molar-refractivity contribution is 9.10. The second kappa shape index (κ2) is 6.97. The van der Waals surface area contributed by atoms with E-state index in [0.29, 0.717) is 6.42 Å². The molecule has 0 aliphatic rings. The number of nitrogens with zero attached hydrogens (tertiary/aromatic N) is 2. The number of nitrogens with one attached hydrogen (secondary N) is 1. The van der Waals surface area contributed by atoms with Crippen LogP contribution < -0.4 is 11.3 Å². The molecule has 2 aromatic rings. The van der Waals surface area contributed by atoms with Crippen LogP contribution in [-0.2, 0) is 13.0 Å². The van der Waals surface area contributed by atoms with E-state index in [2.05, 4.69) is 33.4 Å².